The van der Waals surface area contributed by atoms with Gasteiger partial charge >= 0.3 is 17.9 Å². The van der Waals surface area contributed by atoms with E-state index in [1.807, 2.05) is 12.1 Å². The molecule has 2 aromatic carbocycles. The molecule has 1 aliphatic heterocycles. The van der Waals surface area contributed by atoms with Crippen LogP contribution in [-0.2, 0) is 73.7 Å². The largest absolute Gasteiger partial charge is 0.481 e. The number of carboxylic acids is 2. The van der Waals surface area contributed by atoms with Gasteiger partial charge in [-0.2, -0.15) is 0 Å². The van der Waals surface area contributed by atoms with E-state index < -0.39 is 194 Å². The molecule has 1 saturated heterocycles. The molecule has 90 heavy (non-hydrogen) atoms. The van der Waals surface area contributed by atoms with E-state index in [4.69, 9.17) is 15.7 Å². The zero-order valence-electron chi connectivity index (χ0n) is 51.5. The number of carbonyl (C=O) groups excluding carboxylic acids is 11. The second-order valence-electron chi connectivity index (χ2n) is 23.2. The number of nitrogens with zero attached hydrogens (tertiary/aromatic N) is 4. The van der Waals surface area contributed by atoms with E-state index in [9.17, 15) is 76.9 Å². The first-order valence-corrected chi connectivity index (χ1v) is 29.4. The molecule has 0 bridgehead atoms. The summed E-state index contributed by atoms with van der Waals surface area (Å²) >= 11 is 0. The Labute approximate surface area is 519 Å². The molecule has 0 radical (unpaired) electrons. The number of unbranched alkanes of at least 4 members (excludes halogenated alkanes) is 2. The number of carboxylic acid groups (broad SMARTS) is 2. The number of aliphatic hydroxyl groups excluding tert-OH is 1. The number of halogens is 2. The highest BCUT2D eigenvalue weighted by Crippen LogP contribution is 2.41. The predicted octanol–water partition coefficient (Wildman–Crippen LogP) is 2.15. The highest BCUT2D eigenvalue weighted by molar-refractivity contribution is 6.01. The Morgan fingerprint density at radius 2 is 1.39 bits per heavy atom. The van der Waals surface area contributed by atoms with Gasteiger partial charge in [-0.1, -0.05) is 64.4 Å². The second kappa shape index (κ2) is 34.7. The Morgan fingerprint density at radius 3 is 2.00 bits per heavy atom. The molecule has 1 fully saturated rings. The Bertz CT molecular complexity index is 3080. The molecule has 7 atom stereocenters. The number of rotatable bonds is 37. The molecule has 27 nitrogen and oxygen atoms in total. The van der Waals surface area contributed by atoms with Crippen molar-refractivity contribution >= 4 is 76.9 Å². The number of hydrogen-bond acceptors (Lipinski definition) is 16. The van der Waals surface area contributed by atoms with E-state index in [1.54, 1.807) is 74.7 Å². The molecular weight excluding hydrogens is 1180 g/mol. The van der Waals surface area contributed by atoms with E-state index in [2.05, 4.69) is 26.6 Å². The first-order valence-electron chi connectivity index (χ1n) is 29.4. The molecule has 10 N–H and O–H groups in total. The minimum Gasteiger partial charge on any atom is -0.481 e. The molecule has 0 unspecified atom stereocenters. The van der Waals surface area contributed by atoms with Crippen molar-refractivity contribution in [3.05, 3.63) is 83.7 Å². The number of hydrogen-bond donors (Lipinski definition) is 9. The van der Waals surface area contributed by atoms with Gasteiger partial charge in [0.25, 0.3) is 11.8 Å². The van der Waals surface area contributed by atoms with Gasteiger partial charge in [0.15, 0.2) is 5.78 Å². The number of nitrogens with two attached hydrogens (primary N) is 1. The van der Waals surface area contributed by atoms with Gasteiger partial charge in [-0.05, 0) is 88.4 Å². The molecule has 492 valence electrons. The maximum Gasteiger partial charge on any atom is 0.333 e. The molecule has 3 aromatic rings. The third-order valence-corrected chi connectivity index (χ3v) is 14.9. The van der Waals surface area contributed by atoms with Crippen LogP contribution in [0.3, 0.4) is 0 Å². The highest BCUT2D eigenvalue weighted by atomic mass is 19.1. The van der Waals surface area contributed by atoms with Gasteiger partial charge in [0.1, 0.15) is 36.4 Å². The molecular formula is C61H82F2N10O17. The van der Waals surface area contributed by atoms with Crippen molar-refractivity contribution in [2.45, 2.75) is 161 Å². The number of Topliss-reactive ketones (excluding diaryl/α,β-unsaturated/α-hetero) is 1. The number of aromatic nitrogens is 1. The fourth-order valence-corrected chi connectivity index (χ4v) is 9.84. The van der Waals surface area contributed by atoms with Gasteiger partial charge in [0, 0.05) is 87.1 Å². The third kappa shape index (κ3) is 22.9. The predicted molar refractivity (Wildman–Crippen MR) is 317 cm³/mol. The maximum atomic E-state index is 15.5. The van der Waals surface area contributed by atoms with Crippen LogP contribution in [0.25, 0.3) is 11.1 Å². The number of aliphatic carboxylic acids is 2. The van der Waals surface area contributed by atoms with Crippen LogP contribution in [0.5, 0.6) is 0 Å². The summed E-state index contributed by atoms with van der Waals surface area (Å²) in [5.74, 6) is -14.5. The van der Waals surface area contributed by atoms with Crippen molar-refractivity contribution in [1.82, 2.24) is 46.0 Å². The molecule has 0 aliphatic carbocycles. The van der Waals surface area contributed by atoms with Crippen LogP contribution < -0.4 is 32.3 Å². The van der Waals surface area contributed by atoms with Crippen LogP contribution in [0, 0.1) is 23.0 Å². The summed E-state index contributed by atoms with van der Waals surface area (Å²) in [5, 5.41) is 41.8. The highest BCUT2D eigenvalue weighted by Gasteiger charge is 2.39. The van der Waals surface area contributed by atoms with Crippen LogP contribution in [0.1, 0.15) is 136 Å². The van der Waals surface area contributed by atoms with Crippen molar-refractivity contribution in [2.24, 2.45) is 17.1 Å². The molecule has 2 heterocycles. The van der Waals surface area contributed by atoms with E-state index >= 15 is 4.39 Å². The van der Waals surface area contributed by atoms with Gasteiger partial charge < -0.3 is 61.9 Å². The number of imide groups is 1. The normalized spacial score (nSPS) is 14.7. The lowest BCUT2D eigenvalue weighted by molar-refractivity contribution is -0.197. The Hall–Kier alpha value is -8.99. The summed E-state index contributed by atoms with van der Waals surface area (Å²) < 4.78 is 31.9. The zero-order chi connectivity index (χ0) is 67.2. The van der Waals surface area contributed by atoms with Crippen molar-refractivity contribution in [3.63, 3.8) is 0 Å². The van der Waals surface area contributed by atoms with Crippen molar-refractivity contribution < 1.29 is 91.3 Å². The number of primary amides is 1. The summed E-state index contributed by atoms with van der Waals surface area (Å²) in [6, 6.07) is 5.51. The average molecular weight is 1270 g/mol. The Kier molecular flexibility index (Phi) is 28.3. The van der Waals surface area contributed by atoms with Gasteiger partial charge in [0.05, 0.1) is 24.5 Å². The topological polar surface area (TPSA) is 393 Å². The fourth-order valence-electron chi connectivity index (χ4n) is 9.84. The first kappa shape index (κ1) is 73.5. The van der Waals surface area contributed by atoms with Gasteiger partial charge in [-0.15, -0.1) is 5.06 Å². The van der Waals surface area contributed by atoms with E-state index in [0.29, 0.717) is 36.6 Å². The van der Waals surface area contributed by atoms with Crippen LogP contribution >= 0.6 is 0 Å². The zero-order valence-corrected chi connectivity index (χ0v) is 51.5. The quantitative estimate of drug-likeness (QED) is 0.0295. The van der Waals surface area contributed by atoms with Gasteiger partial charge in [-0.3, -0.25) is 57.6 Å². The molecule has 0 spiro atoms. The van der Waals surface area contributed by atoms with Crippen molar-refractivity contribution in [1.29, 1.82) is 0 Å². The average Bonchev–Trinajstić information content (AvgIpc) is 1.67. The van der Waals surface area contributed by atoms with Crippen LogP contribution in [0.15, 0.2) is 60.8 Å². The maximum absolute atomic E-state index is 15.5. The number of amides is 9. The summed E-state index contributed by atoms with van der Waals surface area (Å²) in [7, 11) is 1.67. The SMILES string of the molecule is C[C@H](CC(=O)[C@H](C)NC(=O)[C@H](C)N(C)CCCCCC(=O)ON1C(=O)CCC1=O)C(=O)N[C@@H](CC(N)=O)C(=O)N[C@@H](CCN(C(=O)CO)[C@@H](c1cc(-c2cc(F)ccc2F)cn1Cc1ccccc1)C(C)(C)C)C(=O)NCCC(=O)N[C@@H](CCC(=O)O)C(=O)O. The Balaban J connectivity index is 1.54. The van der Waals surface area contributed by atoms with Crippen molar-refractivity contribution in [3.8, 4) is 11.1 Å². The first-order chi connectivity index (χ1) is 42.3. The van der Waals surface area contributed by atoms with Crippen molar-refractivity contribution in [2.75, 3.05) is 33.3 Å². The summed E-state index contributed by atoms with van der Waals surface area (Å²) in [6.45, 7) is 8.17. The number of benzene rings is 2. The summed E-state index contributed by atoms with van der Waals surface area (Å²) in [6.07, 6.45) is -0.493. The summed E-state index contributed by atoms with van der Waals surface area (Å²) in [5.41, 5.74) is 5.86. The molecule has 1 aliphatic rings. The molecule has 1 aromatic heterocycles. The Morgan fingerprint density at radius 1 is 0.733 bits per heavy atom. The number of aliphatic hydroxyl groups is 1. The lowest BCUT2D eigenvalue weighted by Gasteiger charge is -2.41. The number of ketones is 1. The minimum absolute atomic E-state index is 0.0287. The van der Waals surface area contributed by atoms with E-state index in [1.165, 1.54) is 18.7 Å². The van der Waals surface area contributed by atoms with E-state index in [0.717, 1.165) is 23.8 Å². The number of carbonyl (C=O) groups is 13. The molecule has 29 heteroatoms. The fraction of sp³-hybridized carbons (Fsp3) is 0.525. The third-order valence-electron chi connectivity index (χ3n) is 14.9. The molecule has 0 saturated carbocycles. The van der Waals surface area contributed by atoms with Gasteiger partial charge in [-0.25, -0.2) is 18.4 Å². The molecule has 9 amide bonds. The number of likely N-dealkylation sites (N-methyl/N-ethyl adjacent to an activating group) is 1. The van der Waals surface area contributed by atoms with E-state index in [-0.39, 0.29) is 36.9 Å². The minimum atomic E-state index is -1.80. The van der Waals surface area contributed by atoms with Crippen LogP contribution in [-0.4, -0.2) is 175 Å². The lowest BCUT2D eigenvalue weighted by atomic mass is 9.82. The number of hydroxylamine groups is 2. The smallest absolute Gasteiger partial charge is 0.333 e. The second-order valence-corrected chi connectivity index (χ2v) is 23.2. The summed E-state index contributed by atoms with van der Waals surface area (Å²) in [4.78, 5) is 175. The van der Waals surface area contributed by atoms with Gasteiger partial charge in [0.2, 0.25) is 41.4 Å². The lowest BCUT2D eigenvalue weighted by Crippen LogP contribution is -2.56. The van der Waals surface area contributed by atoms with Crippen LogP contribution in [0.4, 0.5) is 8.78 Å². The standard InChI is InChI=1S/C61H82F2N10O17/c1-35(28-47(75)36(2)66-57(85)37(3)70(7)26-13-9-12-16-54(83)90-73-50(78)20-21-51(73)79)56(84)69-45(31-48(64)76)59(87)68-43(58(86)65-25-23-49(77)67-44(60(88)89)19-22-53(81)82)24-27-72(52(80)34-74)55(61(4,5)6)46-29-39(41-30-40(62)17-18-42(41)63)33-71(46)32-38-14-10-8-11-15-38/h8,10-11,14-15,17-18,29-30,33,35-37,43-45,55,74H,9,12-13,16,19-28,31-32,34H2,1-7H3,(H2,64,76)(H,65,86)(H,66,85)(H,67,77)(H,68,87)(H,69,84)(H,81,82)(H,88,89)/t35-,36+,37+,43+,44+,45+,55+/m1/s1. The number of nitrogens with one attached hydrogen (secondary N) is 5. The monoisotopic (exact) mass is 1260 g/mol. The van der Waals surface area contributed by atoms with Crippen LogP contribution in [0.2, 0.25) is 0 Å². The molecule has 4 rings (SSSR count).